The SMILES string of the molecule is Cn1cc(CNc2nc(-c3ccccc3)c(-c3cc(Cl)c4[nH]ncc4c3)nc2C#N)cn1. The van der Waals surface area contributed by atoms with E-state index in [0.29, 0.717) is 28.8 Å². The Morgan fingerprint density at radius 1 is 1.09 bits per heavy atom. The van der Waals surface area contributed by atoms with E-state index < -0.39 is 0 Å². The van der Waals surface area contributed by atoms with Crippen molar-refractivity contribution in [3.8, 4) is 28.6 Å². The minimum absolute atomic E-state index is 0.201. The van der Waals surface area contributed by atoms with E-state index in [-0.39, 0.29) is 5.69 Å². The Kier molecular flexibility index (Phi) is 5.01. The van der Waals surface area contributed by atoms with Gasteiger partial charge in [-0.3, -0.25) is 9.78 Å². The second kappa shape index (κ2) is 8.13. The van der Waals surface area contributed by atoms with Gasteiger partial charge in [0.2, 0.25) is 0 Å². The molecule has 5 rings (SSSR count). The largest absolute Gasteiger partial charge is 0.363 e. The molecule has 9 heteroatoms. The molecule has 32 heavy (non-hydrogen) atoms. The van der Waals surface area contributed by atoms with Crippen molar-refractivity contribution in [2.75, 3.05) is 5.32 Å². The summed E-state index contributed by atoms with van der Waals surface area (Å²) in [6.45, 7) is 0.470. The number of hydrogen-bond donors (Lipinski definition) is 2. The van der Waals surface area contributed by atoms with Gasteiger partial charge in [0.1, 0.15) is 6.07 Å². The van der Waals surface area contributed by atoms with Crippen LogP contribution in [-0.4, -0.2) is 29.9 Å². The van der Waals surface area contributed by atoms with Gasteiger partial charge in [0.25, 0.3) is 0 Å². The zero-order valence-electron chi connectivity index (χ0n) is 17.0. The molecule has 0 saturated carbocycles. The highest BCUT2D eigenvalue weighted by atomic mass is 35.5. The number of nitriles is 1. The smallest absolute Gasteiger partial charge is 0.183 e. The highest BCUT2D eigenvalue weighted by Gasteiger charge is 2.18. The number of hydrogen-bond acceptors (Lipinski definition) is 6. The Morgan fingerprint density at radius 2 is 1.91 bits per heavy atom. The second-order valence-corrected chi connectivity index (χ2v) is 7.67. The van der Waals surface area contributed by atoms with Gasteiger partial charge in [-0.1, -0.05) is 41.9 Å². The first kappa shape index (κ1) is 19.7. The van der Waals surface area contributed by atoms with Crippen LogP contribution in [0.3, 0.4) is 0 Å². The van der Waals surface area contributed by atoms with Crippen molar-refractivity contribution >= 4 is 28.3 Å². The van der Waals surface area contributed by atoms with Gasteiger partial charge in [-0.15, -0.1) is 0 Å². The van der Waals surface area contributed by atoms with Crippen LogP contribution < -0.4 is 5.32 Å². The number of halogens is 1. The van der Waals surface area contributed by atoms with Gasteiger partial charge in [0.15, 0.2) is 11.5 Å². The second-order valence-electron chi connectivity index (χ2n) is 7.26. The van der Waals surface area contributed by atoms with Crippen LogP contribution in [0.15, 0.2) is 61.1 Å². The van der Waals surface area contributed by atoms with E-state index in [4.69, 9.17) is 21.6 Å². The molecule has 2 aromatic carbocycles. The number of H-pyrrole nitrogens is 1. The standard InChI is InChI=1S/C23H17ClN8/c1-32-13-14(11-28-32)10-26-23-19(9-25)29-22(21(30-23)15-5-3-2-4-6-15)16-7-17-12-27-31-20(17)18(24)8-16/h2-8,11-13H,10H2,1H3,(H,26,30)(H,27,31). The van der Waals surface area contributed by atoms with E-state index >= 15 is 0 Å². The predicted molar refractivity (Wildman–Crippen MR) is 123 cm³/mol. The minimum Gasteiger partial charge on any atom is -0.363 e. The summed E-state index contributed by atoms with van der Waals surface area (Å²) in [5.41, 5.74) is 4.78. The number of nitrogens with zero attached hydrogens (tertiary/aromatic N) is 6. The number of benzene rings is 2. The van der Waals surface area contributed by atoms with E-state index in [2.05, 4.69) is 26.7 Å². The molecule has 0 atom stereocenters. The number of fused-ring (bicyclic) bond motifs is 1. The third kappa shape index (κ3) is 3.66. The maximum Gasteiger partial charge on any atom is 0.183 e. The normalized spacial score (nSPS) is 10.9. The lowest BCUT2D eigenvalue weighted by molar-refractivity contribution is 0.767. The van der Waals surface area contributed by atoms with Gasteiger partial charge in [-0.05, 0) is 12.1 Å². The molecule has 3 aromatic heterocycles. The van der Waals surface area contributed by atoms with E-state index in [9.17, 15) is 5.26 Å². The van der Waals surface area contributed by atoms with Crippen LogP contribution in [-0.2, 0) is 13.6 Å². The highest BCUT2D eigenvalue weighted by molar-refractivity contribution is 6.35. The molecule has 2 N–H and O–H groups in total. The third-order valence-corrected chi connectivity index (χ3v) is 5.34. The zero-order valence-corrected chi connectivity index (χ0v) is 17.8. The average molecular weight is 441 g/mol. The fourth-order valence-electron chi connectivity index (χ4n) is 3.53. The lowest BCUT2D eigenvalue weighted by Crippen LogP contribution is -2.07. The molecular formula is C23H17ClN8. The number of rotatable bonds is 5. The summed E-state index contributed by atoms with van der Waals surface area (Å²) >= 11 is 6.47. The van der Waals surface area contributed by atoms with Gasteiger partial charge >= 0.3 is 0 Å². The lowest BCUT2D eigenvalue weighted by Gasteiger charge is -2.14. The molecule has 0 aliphatic rings. The van der Waals surface area contributed by atoms with Crippen LogP contribution in [0.4, 0.5) is 5.82 Å². The van der Waals surface area contributed by atoms with Crippen molar-refractivity contribution in [2.45, 2.75) is 6.54 Å². The molecule has 0 fully saturated rings. The first-order chi connectivity index (χ1) is 15.6. The molecule has 0 spiro atoms. The number of nitrogens with one attached hydrogen (secondary N) is 2. The Morgan fingerprint density at radius 3 is 2.66 bits per heavy atom. The number of aromatic amines is 1. The van der Waals surface area contributed by atoms with Crippen LogP contribution in [0.25, 0.3) is 33.4 Å². The summed E-state index contributed by atoms with van der Waals surface area (Å²) in [6.07, 6.45) is 5.37. The van der Waals surface area contributed by atoms with Crippen LogP contribution in [0.5, 0.6) is 0 Å². The Labute approximate surface area is 188 Å². The molecule has 156 valence electrons. The van der Waals surface area contributed by atoms with Crippen LogP contribution in [0.2, 0.25) is 5.02 Å². The summed E-state index contributed by atoms with van der Waals surface area (Å²) < 4.78 is 1.72. The lowest BCUT2D eigenvalue weighted by atomic mass is 10.0. The first-order valence-corrected chi connectivity index (χ1v) is 10.2. The Hall–Kier alpha value is -4.22. The van der Waals surface area contributed by atoms with Crippen molar-refractivity contribution < 1.29 is 0 Å². The Bertz CT molecular complexity index is 1460. The average Bonchev–Trinajstić information content (AvgIpc) is 3.46. The number of anilines is 1. The fraction of sp³-hybridized carbons (Fsp3) is 0.0870. The molecule has 0 saturated heterocycles. The van der Waals surface area contributed by atoms with Gasteiger partial charge in [0.05, 0.1) is 34.3 Å². The monoisotopic (exact) mass is 440 g/mol. The highest BCUT2D eigenvalue weighted by Crippen LogP contribution is 2.35. The molecule has 3 heterocycles. The fourth-order valence-corrected chi connectivity index (χ4v) is 3.80. The topological polar surface area (TPSA) is 108 Å². The van der Waals surface area contributed by atoms with Crippen LogP contribution in [0.1, 0.15) is 11.3 Å². The summed E-state index contributed by atoms with van der Waals surface area (Å²) in [5.74, 6) is 0.412. The molecule has 0 aliphatic heterocycles. The number of aryl methyl sites for hydroxylation is 1. The van der Waals surface area contributed by atoms with Gasteiger partial charge in [-0.2, -0.15) is 15.5 Å². The van der Waals surface area contributed by atoms with Gasteiger partial charge < -0.3 is 5.32 Å². The van der Waals surface area contributed by atoms with E-state index in [0.717, 1.165) is 27.6 Å². The van der Waals surface area contributed by atoms with Crippen molar-refractivity contribution in [3.05, 3.63) is 77.3 Å². The molecule has 0 bridgehead atoms. The maximum atomic E-state index is 9.80. The summed E-state index contributed by atoms with van der Waals surface area (Å²) in [6, 6.07) is 15.6. The predicted octanol–water partition coefficient (Wildman–Crippen LogP) is 4.56. The zero-order chi connectivity index (χ0) is 22.1. The maximum absolute atomic E-state index is 9.80. The number of aromatic nitrogens is 6. The molecule has 0 unspecified atom stereocenters. The van der Waals surface area contributed by atoms with E-state index in [1.54, 1.807) is 17.1 Å². The van der Waals surface area contributed by atoms with E-state index in [1.807, 2.05) is 55.7 Å². The van der Waals surface area contributed by atoms with Crippen LogP contribution in [0, 0.1) is 11.3 Å². The third-order valence-electron chi connectivity index (χ3n) is 5.04. The summed E-state index contributed by atoms with van der Waals surface area (Å²) in [4.78, 5) is 9.51. The molecule has 0 amide bonds. The molecular weight excluding hydrogens is 424 g/mol. The summed E-state index contributed by atoms with van der Waals surface area (Å²) in [7, 11) is 1.86. The van der Waals surface area contributed by atoms with Gasteiger partial charge in [0, 0.05) is 41.9 Å². The first-order valence-electron chi connectivity index (χ1n) is 9.84. The van der Waals surface area contributed by atoms with Crippen molar-refractivity contribution in [1.82, 2.24) is 29.9 Å². The van der Waals surface area contributed by atoms with E-state index in [1.165, 1.54) is 0 Å². The van der Waals surface area contributed by atoms with Crippen molar-refractivity contribution in [1.29, 1.82) is 5.26 Å². The Balaban J connectivity index is 1.65. The molecule has 5 aromatic rings. The van der Waals surface area contributed by atoms with Gasteiger partial charge in [-0.25, -0.2) is 9.97 Å². The minimum atomic E-state index is 0.201. The molecule has 8 nitrogen and oxygen atoms in total. The summed E-state index contributed by atoms with van der Waals surface area (Å²) in [5, 5.41) is 25.5. The van der Waals surface area contributed by atoms with Crippen molar-refractivity contribution in [3.63, 3.8) is 0 Å². The molecule has 0 aliphatic carbocycles. The van der Waals surface area contributed by atoms with Crippen molar-refractivity contribution in [2.24, 2.45) is 7.05 Å². The van der Waals surface area contributed by atoms with Crippen LogP contribution >= 0.6 is 11.6 Å². The molecule has 0 radical (unpaired) electrons. The quantitative estimate of drug-likeness (QED) is 0.414.